The first-order valence-electron chi connectivity index (χ1n) is 6.90. The number of carbonyl (C=O) groups is 2. The highest BCUT2D eigenvalue weighted by atomic mass is 32.2. The van der Waals surface area contributed by atoms with Crippen molar-refractivity contribution >= 4 is 21.8 Å². The van der Waals surface area contributed by atoms with Gasteiger partial charge < -0.3 is 15.3 Å². The maximum Gasteiger partial charge on any atom is 0.317 e. The van der Waals surface area contributed by atoms with Gasteiger partial charge in [0, 0.05) is 13.1 Å². The second-order valence-corrected chi connectivity index (χ2v) is 8.78. The van der Waals surface area contributed by atoms with Crippen LogP contribution in [0.1, 0.15) is 34.1 Å². The molecule has 0 unspecified atom stereocenters. The smallest absolute Gasteiger partial charge is 0.317 e. The van der Waals surface area contributed by atoms with Crippen LogP contribution >= 0.6 is 0 Å². The Kier molecular flexibility index (Phi) is 4.92. The maximum atomic E-state index is 12.3. The van der Waals surface area contributed by atoms with Crippen molar-refractivity contribution in [2.45, 2.75) is 39.7 Å². The number of nitrogens with one attached hydrogen (secondary N) is 1. The number of carbonyl (C=O) groups excluding carboxylic acids is 1. The largest absolute Gasteiger partial charge is 0.481 e. The van der Waals surface area contributed by atoms with E-state index in [9.17, 15) is 23.1 Å². The van der Waals surface area contributed by atoms with Gasteiger partial charge in [0.05, 0.1) is 22.5 Å². The third-order valence-corrected chi connectivity index (χ3v) is 6.07. The molecular formula is C13H24N2O5S. The van der Waals surface area contributed by atoms with Crippen LogP contribution in [0.2, 0.25) is 0 Å². The lowest BCUT2D eigenvalue weighted by Crippen LogP contribution is -2.59. The zero-order valence-electron chi connectivity index (χ0n) is 13.0. The normalized spacial score (nSPS) is 19.7. The van der Waals surface area contributed by atoms with E-state index in [0.717, 1.165) is 0 Å². The maximum absolute atomic E-state index is 12.3. The van der Waals surface area contributed by atoms with Crippen LogP contribution in [0.3, 0.4) is 0 Å². The Bertz CT molecular complexity index is 525. The molecule has 0 atom stereocenters. The van der Waals surface area contributed by atoms with Crippen molar-refractivity contribution in [2.24, 2.45) is 5.41 Å². The molecule has 21 heavy (non-hydrogen) atoms. The van der Waals surface area contributed by atoms with Crippen molar-refractivity contribution in [3.63, 3.8) is 0 Å². The summed E-state index contributed by atoms with van der Waals surface area (Å²) < 4.78 is 23.1. The van der Waals surface area contributed by atoms with E-state index < -0.39 is 32.8 Å². The van der Waals surface area contributed by atoms with Gasteiger partial charge in [-0.3, -0.25) is 4.79 Å². The predicted molar refractivity (Wildman–Crippen MR) is 78.9 cm³/mol. The molecule has 0 aromatic heterocycles. The summed E-state index contributed by atoms with van der Waals surface area (Å²) >= 11 is 0. The van der Waals surface area contributed by atoms with E-state index in [0.29, 0.717) is 13.0 Å². The molecule has 1 fully saturated rings. The summed E-state index contributed by atoms with van der Waals surface area (Å²) in [5.74, 6) is -0.976. The average molecular weight is 320 g/mol. The van der Waals surface area contributed by atoms with Crippen molar-refractivity contribution in [3.05, 3.63) is 0 Å². The minimum Gasteiger partial charge on any atom is -0.481 e. The minimum absolute atomic E-state index is 0.0524. The number of aliphatic carboxylic acids is 1. The molecule has 0 radical (unpaired) electrons. The van der Waals surface area contributed by atoms with Crippen molar-refractivity contribution in [3.8, 4) is 0 Å². The molecule has 1 aliphatic heterocycles. The molecule has 7 nitrogen and oxygen atoms in total. The van der Waals surface area contributed by atoms with Gasteiger partial charge in [-0.25, -0.2) is 13.2 Å². The van der Waals surface area contributed by atoms with Gasteiger partial charge in [0.15, 0.2) is 9.84 Å². The third-order valence-electron chi connectivity index (χ3n) is 4.36. The van der Waals surface area contributed by atoms with Crippen LogP contribution in [0.25, 0.3) is 0 Å². The monoisotopic (exact) mass is 320 g/mol. The van der Waals surface area contributed by atoms with Crippen LogP contribution in [-0.4, -0.2) is 60.6 Å². The molecule has 2 N–H and O–H groups in total. The number of carboxylic acids is 1. The van der Waals surface area contributed by atoms with Gasteiger partial charge in [0.2, 0.25) is 0 Å². The molecule has 0 aromatic rings. The summed E-state index contributed by atoms with van der Waals surface area (Å²) in [5, 5.41) is 12.0. The van der Waals surface area contributed by atoms with Crippen molar-refractivity contribution < 1.29 is 23.1 Å². The van der Waals surface area contributed by atoms with Crippen molar-refractivity contribution in [1.82, 2.24) is 10.2 Å². The lowest BCUT2D eigenvalue weighted by molar-refractivity contribution is -0.150. The molecule has 8 heteroatoms. The summed E-state index contributed by atoms with van der Waals surface area (Å²) in [6, 6.07) is -0.425. The summed E-state index contributed by atoms with van der Waals surface area (Å²) in [5.41, 5.74) is -2.12. The van der Waals surface area contributed by atoms with E-state index in [4.69, 9.17) is 0 Å². The van der Waals surface area contributed by atoms with Gasteiger partial charge in [-0.1, -0.05) is 0 Å². The Morgan fingerprint density at radius 2 is 1.67 bits per heavy atom. The summed E-state index contributed by atoms with van der Waals surface area (Å²) in [7, 11) is -3.09. The fourth-order valence-electron chi connectivity index (χ4n) is 1.91. The molecule has 0 aliphatic carbocycles. The molecule has 0 bridgehead atoms. The molecule has 2 amide bonds. The Morgan fingerprint density at radius 3 is 2.19 bits per heavy atom. The second kappa shape index (κ2) is 5.82. The molecule has 1 rings (SSSR count). The number of carboxylic acid groups (broad SMARTS) is 1. The lowest BCUT2D eigenvalue weighted by atomic mass is 9.74. The van der Waals surface area contributed by atoms with Crippen molar-refractivity contribution in [1.29, 1.82) is 0 Å². The first-order valence-corrected chi connectivity index (χ1v) is 8.72. The van der Waals surface area contributed by atoms with Gasteiger partial charge >= 0.3 is 12.0 Å². The topological polar surface area (TPSA) is 104 Å². The van der Waals surface area contributed by atoms with Crippen molar-refractivity contribution in [2.75, 3.05) is 24.6 Å². The highest BCUT2D eigenvalue weighted by molar-refractivity contribution is 7.91. The highest BCUT2D eigenvalue weighted by Crippen LogP contribution is 2.30. The fourth-order valence-corrected chi connectivity index (χ4v) is 3.18. The fraction of sp³-hybridized carbons (Fsp3) is 0.846. The number of hydrogen-bond donors (Lipinski definition) is 2. The number of hydrogen-bond acceptors (Lipinski definition) is 4. The highest BCUT2D eigenvalue weighted by Gasteiger charge is 2.45. The predicted octanol–water partition coefficient (Wildman–Crippen LogP) is 0.706. The van der Waals surface area contributed by atoms with E-state index in [2.05, 4.69) is 5.32 Å². The van der Waals surface area contributed by atoms with E-state index in [1.165, 1.54) is 4.90 Å². The first kappa shape index (κ1) is 17.7. The van der Waals surface area contributed by atoms with E-state index in [-0.39, 0.29) is 18.1 Å². The zero-order valence-corrected chi connectivity index (χ0v) is 13.8. The van der Waals surface area contributed by atoms with E-state index in [1.54, 1.807) is 27.7 Å². The Hall–Kier alpha value is -1.31. The minimum atomic E-state index is -3.09. The Morgan fingerprint density at radius 1 is 1.10 bits per heavy atom. The number of nitrogens with zero attached hydrogens (tertiary/aromatic N) is 1. The number of urea groups is 1. The summed E-state index contributed by atoms with van der Waals surface area (Å²) in [6.07, 6.45) is 0.401. The van der Waals surface area contributed by atoms with E-state index in [1.807, 2.05) is 0 Å². The molecule has 1 aliphatic rings. The Balaban J connectivity index is 2.79. The molecule has 0 spiro atoms. The number of rotatable bonds is 3. The first-order chi connectivity index (χ1) is 9.39. The van der Waals surface area contributed by atoms with Crippen LogP contribution in [0.15, 0.2) is 0 Å². The zero-order chi connectivity index (χ0) is 16.5. The second-order valence-electron chi connectivity index (χ2n) is 6.48. The van der Waals surface area contributed by atoms with Crippen LogP contribution in [0.5, 0.6) is 0 Å². The summed E-state index contributed by atoms with van der Waals surface area (Å²) in [4.78, 5) is 25.0. The molecule has 1 heterocycles. The van der Waals surface area contributed by atoms with E-state index >= 15 is 0 Å². The lowest BCUT2D eigenvalue weighted by Gasteiger charge is -2.40. The number of sulfone groups is 1. The molecule has 0 aromatic carbocycles. The van der Waals surface area contributed by atoms with Crippen LogP contribution in [0.4, 0.5) is 4.79 Å². The van der Waals surface area contributed by atoms with Crippen LogP contribution in [0, 0.1) is 5.41 Å². The SMILES string of the molecule is CC(C)(NC(=O)N1CCCS(=O)(=O)CC1)C(C)(C)C(=O)O. The van der Waals surface area contributed by atoms with Gasteiger partial charge in [0.25, 0.3) is 0 Å². The molecule has 122 valence electrons. The number of amides is 2. The van der Waals surface area contributed by atoms with Crippen LogP contribution < -0.4 is 5.32 Å². The molecular weight excluding hydrogens is 296 g/mol. The van der Waals surface area contributed by atoms with Gasteiger partial charge in [0.1, 0.15) is 0 Å². The van der Waals surface area contributed by atoms with Gasteiger partial charge in [-0.15, -0.1) is 0 Å². The van der Waals surface area contributed by atoms with Gasteiger partial charge in [-0.2, -0.15) is 0 Å². The van der Waals surface area contributed by atoms with Crippen LogP contribution in [-0.2, 0) is 14.6 Å². The molecule has 1 saturated heterocycles. The average Bonchev–Trinajstić information content (AvgIpc) is 2.49. The van der Waals surface area contributed by atoms with Gasteiger partial charge in [-0.05, 0) is 34.1 Å². The third kappa shape index (κ3) is 4.09. The standard InChI is InChI=1S/C13H24N2O5S/c1-12(2,10(16)17)13(3,4)14-11(18)15-6-5-8-21(19,20)9-7-15/h5-9H2,1-4H3,(H,14,18)(H,16,17). The Labute approximate surface area is 125 Å². The quantitative estimate of drug-likeness (QED) is 0.797. The molecule has 0 saturated carbocycles. The summed E-state index contributed by atoms with van der Waals surface area (Å²) in [6.45, 7) is 6.87.